The van der Waals surface area contributed by atoms with Gasteiger partial charge in [-0.2, -0.15) is 0 Å². The zero-order valence-corrected chi connectivity index (χ0v) is 18.7. The van der Waals surface area contributed by atoms with E-state index in [2.05, 4.69) is 33.0 Å². The van der Waals surface area contributed by atoms with E-state index in [-0.39, 0.29) is 5.66 Å². The minimum atomic E-state index is -0.265. The van der Waals surface area contributed by atoms with Gasteiger partial charge in [-0.1, -0.05) is 12.2 Å². The van der Waals surface area contributed by atoms with Crippen LogP contribution in [-0.2, 0) is 0 Å². The number of hydrogen-bond acceptors (Lipinski definition) is 7. The molecule has 0 fully saturated rings. The first-order valence-electron chi connectivity index (χ1n) is 10.4. The Bertz CT molecular complexity index is 1130. The number of likely N-dealkylation sites (N-methyl/N-ethyl adjacent to an activating group) is 2. The number of nitrogens with zero attached hydrogens (tertiary/aromatic N) is 3. The number of nitrogens with one attached hydrogen (secondary N) is 2. The van der Waals surface area contributed by atoms with Crippen molar-refractivity contribution in [3.8, 4) is 34.0 Å². The highest BCUT2D eigenvalue weighted by molar-refractivity contribution is 5.80. The van der Waals surface area contributed by atoms with Crippen LogP contribution in [0, 0.1) is 0 Å². The summed E-state index contributed by atoms with van der Waals surface area (Å²) in [4.78, 5) is 4.93. The molecule has 0 radical (unpaired) electrons. The fourth-order valence-electron chi connectivity index (χ4n) is 3.64. The van der Waals surface area contributed by atoms with Gasteiger partial charge in [0, 0.05) is 23.1 Å². The summed E-state index contributed by atoms with van der Waals surface area (Å²) in [6.45, 7) is 0. The summed E-state index contributed by atoms with van der Waals surface area (Å²) >= 11 is 0. The largest absolute Gasteiger partial charge is 0.497 e. The molecular weight excluding hydrogens is 402 g/mol. The van der Waals surface area contributed by atoms with E-state index >= 15 is 0 Å². The first-order chi connectivity index (χ1) is 15.6. The zero-order chi connectivity index (χ0) is 22.6. The molecule has 4 rings (SSSR count). The van der Waals surface area contributed by atoms with Crippen LogP contribution in [0.5, 0.6) is 11.5 Å². The minimum absolute atomic E-state index is 0.265. The molecule has 164 valence electrons. The Labute approximate surface area is 188 Å². The first-order valence-corrected chi connectivity index (χ1v) is 10.4. The van der Waals surface area contributed by atoms with Gasteiger partial charge in [-0.05, 0) is 68.7 Å². The van der Waals surface area contributed by atoms with E-state index in [0.29, 0.717) is 11.5 Å². The molecule has 0 spiro atoms. The number of rotatable bonds is 7. The Balaban J connectivity index is 1.78. The topological polar surface area (TPSA) is 81.2 Å². The highest BCUT2D eigenvalue weighted by atomic mass is 16.5. The third-order valence-corrected chi connectivity index (χ3v) is 5.76. The lowest BCUT2D eigenvalue weighted by Crippen LogP contribution is -2.52. The Morgan fingerprint density at radius 3 is 1.81 bits per heavy atom. The Morgan fingerprint density at radius 2 is 1.34 bits per heavy atom. The van der Waals surface area contributed by atoms with Gasteiger partial charge < -0.3 is 9.47 Å². The Morgan fingerprint density at radius 1 is 0.781 bits per heavy atom. The predicted octanol–water partition coefficient (Wildman–Crippen LogP) is 3.70. The fraction of sp³-hybridized carbons (Fsp3) is 0.240. The molecule has 1 aliphatic rings. The molecule has 7 nitrogen and oxygen atoms in total. The molecular formula is C25H27N5O2. The average Bonchev–Trinajstić information content (AvgIpc) is 2.88. The fourth-order valence-corrected chi connectivity index (χ4v) is 3.64. The van der Waals surface area contributed by atoms with E-state index in [4.69, 9.17) is 14.5 Å². The minimum Gasteiger partial charge on any atom is -0.497 e. The molecule has 0 saturated carbocycles. The molecule has 7 heteroatoms. The summed E-state index contributed by atoms with van der Waals surface area (Å²) in [5.41, 5.74) is 4.00. The van der Waals surface area contributed by atoms with Crippen LogP contribution < -0.4 is 20.1 Å². The van der Waals surface area contributed by atoms with Crippen molar-refractivity contribution in [2.75, 3.05) is 28.3 Å². The summed E-state index contributed by atoms with van der Waals surface area (Å²) < 4.78 is 10.6. The van der Waals surface area contributed by atoms with Crippen molar-refractivity contribution in [3.05, 3.63) is 72.6 Å². The number of hydrogen-bond donors (Lipinski definition) is 2. The normalized spacial score (nSPS) is 14.7. The lowest BCUT2D eigenvalue weighted by Gasteiger charge is -2.31. The standard InChI is InChI=1S/C25H27N5O2/c1-26-25(27-2)15-13-19(14-16-25)24-28-22(17-5-9-20(31-3)10-6-17)23(29-30-24)18-7-11-21(32-4)12-8-18/h5-15,26-27H,16H2,1-4H3. The van der Waals surface area contributed by atoms with Crippen LogP contribution in [0.4, 0.5) is 0 Å². The van der Waals surface area contributed by atoms with Crippen LogP contribution in [0.1, 0.15) is 12.2 Å². The van der Waals surface area contributed by atoms with E-state index in [9.17, 15) is 0 Å². The molecule has 0 saturated heterocycles. The molecule has 0 amide bonds. The maximum atomic E-state index is 5.31. The Hall–Kier alpha value is -3.55. The molecule has 3 aromatic rings. The molecule has 1 aromatic heterocycles. The summed E-state index contributed by atoms with van der Waals surface area (Å²) in [6, 6.07) is 15.5. The molecule has 0 atom stereocenters. The average molecular weight is 430 g/mol. The van der Waals surface area contributed by atoms with Crippen LogP contribution in [0.2, 0.25) is 0 Å². The van der Waals surface area contributed by atoms with E-state index in [0.717, 1.165) is 40.3 Å². The molecule has 32 heavy (non-hydrogen) atoms. The van der Waals surface area contributed by atoms with Gasteiger partial charge in [0.25, 0.3) is 0 Å². The molecule has 0 unspecified atom stereocenters. The van der Waals surface area contributed by atoms with Gasteiger partial charge in [0.05, 0.1) is 19.9 Å². The molecule has 1 aliphatic carbocycles. The third kappa shape index (κ3) is 4.26. The SMILES string of the molecule is CNC1(NC)C=CC(c2nnc(-c3ccc(OC)cc3)c(-c3ccc(OC)cc3)n2)=CC1. The summed E-state index contributed by atoms with van der Waals surface area (Å²) in [6.07, 6.45) is 7.01. The summed E-state index contributed by atoms with van der Waals surface area (Å²) in [7, 11) is 7.17. The van der Waals surface area contributed by atoms with Crippen LogP contribution in [-0.4, -0.2) is 49.2 Å². The summed E-state index contributed by atoms with van der Waals surface area (Å²) in [5.74, 6) is 2.16. The number of allylic oxidation sites excluding steroid dienone is 2. The third-order valence-electron chi connectivity index (χ3n) is 5.76. The van der Waals surface area contributed by atoms with Crippen molar-refractivity contribution < 1.29 is 9.47 Å². The molecule has 2 N–H and O–H groups in total. The maximum Gasteiger partial charge on any atom is 0.182 e. The molecule has 0 bridgehead atoms. The highest BCUT2D eigenvalue weighted by Gasteiger charge is 2.25. The highest BCUT2D eigenvalue weighted by Crippen LogP contribution is 2.32. The second-order valence-electron chi connectivity index (χ2n) is 7.46. The van der Waals surface area contributed by atoms with E-state index < -0.39 is 0 Å². The lowest BCUT2D eigenvalue weighted by molar-refractivity contribution is 0.377. The predicted molar refractivity (Wildman–Crippen MR) is 126 cm³/mol. The van der Waals surface area contributed by atoms with Crippen molar-refractivity contribution in [1.29, 1.82) is 0 Å². The first kappa shape index (κ1) is 21.7. The van der Waals surface area contributed by atoms with E-state index in [1.54, 1.807) is 14.2 Å². The van der Waals surface area contributed by atoms with Crippen molar-refractivity contribution in [2.45, 2.75) is 12.1 Å². The van der Waals surface area contributed by atoms with Gasteiger partial charge >= 0.3 is 0 Å². The van der Waals surface area contributed by atoms with Gasteiger partial charge in [0.15, 0.2) is 5.82 Å². The van der Waals surface area contributed by atoms with Crippen molar-refractivity contribution >= 4 is 5.57 Å². The second-order valence-corrected chi connectivity index (χ2v) is 7.46. The van der Waals surface area contributed by atoms with Crippen molar-refractivity contribution in [1.82, 2.24) is 25.8 Å². The van der Waals surface area contributed by atoms with Gasteiger partial charge in [-0.15, -0.1) is 10.2 Å². The lowest BCUT2D eigenvalue weighted by atomic mass is 9.96. The van der Waals surface area contributed by atoms with Crippen LogP contribution in [0.15, 0.2) is 66.8 Å². The van der Waals surface area contributed by atoms with Crippen molar-refractivity contribution in [2.24, 2.45) is 0 Å². The Kier molecular flexibility index (Phi) is 6.30. The second kappa shape index (κ2) is 9.30. The number of benzene rings is 2. The van der Waals surface area contributed by atoms with Gasteiger partial charge in [0.1, 0.15) is 22.9 Å². The number of ether oxygens (including phenoxy) is 2. The number of aromatic nitrogens is 3. The summed E-state index contributed by atoms with van der Waals surface area (Å²) in [5, 5.41) is 15.7. The van der Waals surface area contributed by atoms with Crippen LogP contribution in [0.3, 0.4) is 0 Å². The monoisotopic (exact) mass is 429 g/mol. The molecule has 2 aromatic carbocycles. The van der Waals surface area contributed by atoms with E-state index in [1.807, 2.05) is 68.7 Å². The molecule has 1 heterocycles. The van der Waals surface area contributed by atoms with Crippen LogP contribution >= 0.6 is 0 Å². The quantitative estimate of drug-likeness (QED) is 0.554. The smallest absolute Gasteiger partial charge is 0.182 e. The van der Waals surface area contributed by atoms with Gasteiger partial charge in [0.2, 0.25) is 0 Å². The molecule has 0 aliphatic heterocycles. The number of methoxy groups -OCH3 is 2. The van der Waals surface area contributed by atoms with Crippen LogP contribution in [0.25, 0.3) is 28.1 Å². The van der Waals surface area contributed by atoms with E-state index in [1.165, 1.54) is 0 Å². The van der Waals surface area contributed by atoms with Gasteiger partial charge in [-0.25, -0.2) is 4.98 Å². The zero-order valence-electron chi connectivity index (χ0n) is 18.7. The maximum absolute atomic E-state index is 5.31. The van der Waals surface area contributed by atoms with Crippen molar-refractivity contribution in [3.63, 3.8) is 0 Å². The van der Waals surface area contributed by atoms with Gasteiger partial charge in [-0.3, -0.25) is 10.6 Å².